The van der Waals surface area contributed by atoms with Gasteiger partial charge in [-0.1, -0.05) is 116 Å². The molecule has 278 valence electrons. The standard InChI is InChI=1S/C45H47N3O5S/c1-28-38(27-54-44-47-39(33-8-4-2-5-9-33)41(53-44)34-10-6-3-7-11-34)51-42(52-40(28)35-14-12-29(26-49)13-15-35)36-16-18-37(19-17-36)46-43(50)48-45-23-30-20-31(24-45)22-32(21-30)25-45/h2-19,28,30-32,38,40,42,49H,20-27H2,1H3,(H2,46,48,50). The Morgan fingerprint density at radius 2 is 1.41 bits per heavy atom. The fourth-order valence-corrected chi connectivity index (χ4v) is 10.8. The molecule has 5 aliphatic rings. The number of aliphatic hydroxyl groups is 1. The van der Waals surface area contributed by atoms with Crippen molar-refractivity contribution in [2.75, 3.05) is 11.1 Å². The van der Waals surface area contributed by atoms with Crippen LogP contribution in [0.3, 0.4) is 0 Å². The van der Waals surface area contributed by atoms with E-state index in [0.717, 1.165) is 82.0 Å². The molecule has 5 fully saturated rings. The zero-order valence-electron chi connectivity index (χ0n) is 30.5. The number of thioether (sulfide) groups is 1. The van der Waals surface area contributed by atoms with Gasteiger partial charge in [-0.15, -0.1) is 0 Å². The predicted octanol–water partition coefficient (Wildman–Crippen LogP) is 10.2. The minimum Gasteiger partial charge on any atom is -0.431 e. The SMILES string of the molecule is CC1C(CSc2nc(-c3ccccc3)c(-c3ccccc3)o2)OC(c2ccc(NC(=O)NC34CC5CC(CC(C5)C3)C4)cc2)OC1c1ccc(CO)cc1. The van der Waals surface area contributed by atoms with Crippen molar-refractivity contribution in [1.29, 1.82) is 0 Å². The number of nitrogens with one attached hydrogen (secondary N) is 2. The molecular formula is C45H47N3O5S. The molecule has 4 saturated carbocycles. The number of oxazole rings is 1. The number of rotatable bonds is 10. The van der Waals surface area contributed by atoms with E-state index < -0.39 is 6.29 Å². The third kappa shape index (κ3) is 7.35. The molecule has 4 aliphatic carbocycles. The lowest BCUT2D eigenvalue weighted by molar-refractivity contribution is -0.268. The second-order valence-electron chi connectivity index (χ2n) is 15.9. The minimum atomic E-state index is -0.631. The van der Waals surface area contributed by atoms with E-state index in [2.05, 4.69) is 29.7 Å². The summed E-state index contributed by atoms with van der Waals surface area (Å²) < 4.78 is 19.9. The molecule has 9 heteroatoms. The summed E-state index contributed by atoms with van der Waals surface area (Å²) in [5.41, 5.74) is 6.22. The first kappa shape index (κ1) is 35.3. The summed E-state index contributed by atoms with van der Waals surface area (Å²) in [5.74, 6) is 3.63. The topological polar surface area (TPSA) is 106 Å². The van der Waals surface area contributed by atoms with Crippen molar-refractivity contribution in [2.45, 2.75) is 81.3 Å². The quantitative estimate of drug-likeness (QED) is 0.122. The molecule has 2 amide bonds. The van der Waals surface area contributed by atoms with Gasteiger partial charge in [-0.25, -0.2) is 9.78 Å². The van der Waals surface area contributed by atoms with Crippen molar-refractivity contribution in [2.24, 2.45) is 23.7 Å². The van der Waals surface area contributed by atoms with Crippen LogP contribution >= 0.6 is 11.8 Å². The van der Waals surface area contributed by atoms with Crippen molar-refractivity contribution in [3.63, 3.8) is 0 Å². The van der Waals surface area contributed by atoms with E-state index >= 15 is 0 Å². The van der Waals surface area contributed by atoms with Crippen LogP contribution in [0.1, 0.15) is 74.5 Å². The second-order valence-corrected chi connectivity index (χ2v) is 16.9. The second kappa shape index (κ2) is 15.0. The molecule has 1 aliphatic heterocycles. The molecule has 1 aromatic heterocycles. The molecule has 54 heavy (non-hydrogen) atoms. The van der Waals surface area contributed by atoms with E-state index in [4.69, 9.17) is 18.9 Å². The van der Waals surface area contributed by atoms with E-state index in [0.29, 0.717) is 11.0 Å². The highest BCUT2D eigenvalue weighted by Gasteiger charge is 2.51. The Bertz CT molecular complexity index is 1960. The molecule has 4 unspecified atom stereocenters. The zero-order valence-corrected chi connectivity index (χ0v) is 31.3. The Hall–Kier alpha value is -4.41. The molecule has 0 spiro atoms. The summed E-state index contributed by atoms with van der Waals surface area (Å²) in [5, 5.41) is 16.8. The molecule has 10 rings (SSSR count). The molecule has 5 aromatic rings. The summed E-state index contributed by atoms with van der Waals surface area (Å²) in [7, 11) is 0. The number of amides is 2. The molecular weight excluding hydrogens is 695 g/mol. The van der Waals surface area contributed by atoms with Gasteiger partial charge in [-0.3, -0.25) is 0 Å². The van der Waals surface area contributed by atoms with Gasteiger partial charge in [-0.2, -0.15) is 0 Å². The number of hydrogen-bond acceptors (Lipinski definition) is 7. The largest absolute Gasteiger partial charge is 0.431 e. The number of hydrogen-bond donors (Lipinski definition) is 3. The van der Waals surface area contributed by atoms with Crippen LogP contribution in [0.25, 0.3) is 22.6 Å². The van der Waals surface area contributed by atoms with Crippen molar-refractivity contribution in [3.05, 3.63) is 126 Å². The fraction of sp³-hybridized carbons (Fsp3) is 0.378. The van der Waals surface area contributed by atoms with Gasteiger partial charge in [-0.05, 0) is 79.5 Å². The van der Waals surface area contributed by atoms with Crippen LogP contribution in [-0.4, -0.2) is 33.5 Å². The molecule has 3 N–H and O–H groups in total. The number of aliphatic hydroxyl groups excluding tert-OH is 1. The predicted molar refractivity (Wildman–Crippen MR) is 211 cm³/mol. The average Bonchev–Trinajstić information content (AvgIpc) is 3.62. The summed E-state index contributed by atoms with van der Waals surface area (Å²) >= 11 is 1.54. The lowest BCUT2D eigenvalue weighted by atomic mass is 9.53. The molecule has 4 bridgehead atoms. The van der Waals surface area contributed by atoms with Gasteiger partial charge in [0.25, 0.3) is 5.22 Å². The van der Waals surface area contributed by atoms with Crippen LogP contribution in [0.15, 0.2) is 119 Å². The van der Waals surface area contributed by atoms with Gasteiger partial charge in [0.05, 0.1) is 18.8 Å². The minimum absolute atomic E-state index is 0.0000889. The number of benzene rings is 4. The van der Waals surface area contributed by atoms with E-state index in [1.54, 1.807) is 11.8 Å². The number of aromatic nitrogens is 1. The fourth-order valence-electron chi connectivity index (χ4n) is 9.79. The Morgan fingerprint density at radius 1 is 0.796 bits per heavy atom. The van der Waals surface area contributed by atoms with Gasteiger partial charge in [0.1, 0.15) is 5.69 Å². The Labute approximate surface area is 321 Å². The number of carbonyl (C=O) groups excluding carboxylic acids is 1. The maximum absolute atomic E-state index is 13.3. The molecule has 0 radical (unpaired) electrons. The van der Waals surface area contributed by atoms with Crippen LogP contribution in [0, 0.1) is 23.7 Å². The van der Waals surface area contributed by atoms with E-state index in [9.17, 15) is 9.90 Å². The lowest BCUT2D eigenvalue weighted by Crippen LogP contribution is -2.60. The third-order valence-electron chi connectivity index (χ3n) is 12.0. The summed E-state index contributed by atoms with van der Waals surface area (Å²) in [6.45, 7) is 2.14. The molecule has 8 nitrogen and oxygen atoms in total. The first-order valence-corrected chi connectivity index (χ1v) is 20.3. The summed E-state index contributed by atoms with van der Waals surface area (Å²) in [6.07, 6.45) is 6.27. The Balaban J connectivity index is 0.924. The van der Waals surface area contributed by atoms with E-state index in [-0.39, 0.29) is 36.3 Å². The number of nitrogens with zero attached hydrogens (tertiary/aromatic N) is 1. The lowest BCUT2D eigenvalue weighted by Gasteiger charge is -2.56. The molecule has 1 saturated heterocycles. The average molecular weight is 742 g/mol. The van der Waals surface area contributed by atoms with Crippen molar-refractivity contribution in [3.8, 4) is 22.6 Å². The van der Waals surface area contributed by atoms with E-state index in [1.807, 2.05) is 97.1 Å². The van der Waals surface area contributed by atoms with E-state index in [1.165, 1.54) is 19.3 Å². The first-order chi connectivity index (χ1) is 26.4. The number of urea groups is 1. The summed E-state index contributed by atoms with van der Waals surface area (Å²) in [4.78, 5) is 18.3. The molecule has 4 atom stereocenters. The van der Waals surface area contributed by atoms with Crippen molar-refractivity contribution >= 4 is 23.5 Å². The maximum atomic E-state index is 13.3. The third-order valence-corrected chi connectivity index (χ3v) is 13.0. The molecule has 2 heterocycles. The number of anilines is 1. The highest BCUT2D eigenvalue weighted by molar-refractivity contribution is 7.99. The first-order valence-electron chi connectivity index (χ1n) is 19.3. The number of carbonyl (C=O) groups is 1. The number of ether oxygens (including phenoxy) is 2. The van der Waals surface area contributed by atoms with Gasteiger partial charge in [0.2, 0.25) is 0 Å². The van der Waals surface area contributed by atoms with Crippen LogP contribution in [-0.2, 0) is 16.1 Å². The summed E-state index contributed by atoms with van der Waals surface area (Å²) in [6, 6.07) is 35.8. The normalized spacial score (nSPS) is 28.5. The molecule has 4 aromatic carbocycles. The van der Waals surface area contributed by atoms with Gasteiger partial charge < -0.3 is 29.6 Å². The van der Waals surface area contributed by atoms with Crippen LogP contribution in [0.5, 0.6) is 0 Å². The van der Waals surface area contributed by atoms with Crippen LogP contribution in [0.4, 0.5) is 10.5 Å². The smallest absolute Gasteiger partial charge is 0.319 e. The van der Waals surface area contributed by atoms with Crippen LogP contribution in [0.2, 0.25) is 0 Å². The Morgan fingerprint density at radius 3 is 2.04 bits per heavy atom. The van der Waals surface area contributed by atoms with Gasteiger partial charge in [0, 0.05) is 39.6 Å². The maximum Gasteiger partial charge on any atom is 0.319 e. The highest BCUT2D eigenvalue weighted by Crippen LogP contribution is 2.55. The van der Waals surface area contributed by atoms with Gasteiger partial charge >= 0.3 is 6.03 Å². The van der Waals surface area contributed by atoms with Crippen molar-refractivity contribution < 1.29 is 23.8 Å². The van der Waals surface area contributed by atoms with Gasteiger partial charge in [0.15, 0.2) is 12.1 Å². The highest BCUT2D eigenvalue weighted by atomic mass is 32.2. The van der Waals surface area contributed by atoms with Crippen LogP contribution < -0.4 is 10.6 Å². The monoisotopic (exact) mass is 741 g/mol. The zero-order chi connectivity index (χ0) is 36.6. The Kier molecular flexibility index (Phi) is 9.82. The van der Waals surface area contributed by atoms with Crippen molar-refractivity contribution in [1.82, 2.24) is 10.3 Å².